The summed E-state index contributed by atoms with van der Waals surface area (Å²) in [4.78, 5) is 24.9. The molecule has 1 aliphatic heterocycles. The van der Waals surface area contributed by atoms with Crippen molar-refractivity contribution in [1.29, 1.82) is 0 Å². The third-order valence-corrected chi connectivity index (χ3v) is 4.73. The molecule has 138 valence electrons. The van der Waals surface area contributed by atoms with Crippen LogP contribution < -0.4 is 5.32 Å². The van der Waals surface area contributed by atoms with Crippen LogP contribution in [0.25, 0.3) is 0 Å². The zero-order chi connectivity index (χ0) is 18.4. The lowest BCUT2D eigenvalue weighted by molar-refractivity contribution is -0.384. The summed E-state index contributed by atoms with van der Waals surface area (Å²) in [5.74, 6) is 0.818. The standard InChI is InChI=1S/C19H23N3O4/c23-18(15-6-8-16(9-7-15)22(24)25)14-20-13-17(19-5-4-12-26-19)21-10-2-1-3-11-21/h4-9,12,17,20H,1-3,10-11,13-14H2. The van der Waals surface area contributed by atoms with Gasteiger partial charge in [0.05, 0.1) is 23.8 Å². The van der Waals surface area contributed by atoms with Crippen LogP contribution in [0.3, 0.4) is 0 Å². The summed E-state index contributed by atoms with van der Waals surface area (Å²) in [5, 5.41) is 13.9. The highest BCUT2D eigenvalue weighted by Gasteiger charge is 2.24. The zero-order valence-electron chi connectivity index (χ0n) is 14.6. The van der Waals surface area contributed by atoms with Gasteiger partial charge in [-0.3, -0.25) is 19.8 Å². The number of hydrogen-bond acceptors (Lipinski definition) is 6. The maximum absolute atomic E-state index is 12.3. The number of carbonyl (C=O) groups excluding carboxylic acids is 1. The maximum Gasteiger partial charge on any atom is 0.269 e. The van der Waals surface area contributed by atoms with Crippen LogP contribution in [0.15, 0.2) is 47.1 Å². The Morgan fingerprint density at radius 2 is 1.92 bits per heavy atom. The number of ketones is 1. The number of non-ortho nitro benzene ring substituents is 1. The number of nitro benzene ring substituents is 1. The Morgan fingerprint density at radius 3 is 2.54 bits per heavy atom. The summed E-state index contributed by atoms with van der Waals surface area (Å²) in [6, 6.07) is 9.66. The number of Topliss-reactive ketones (excluding diaryl/α,β-unsaturated/α-hetero) is 1. The van der Waals surface area contributed by atoms with E-state index in [1.807, 2.05) is 12.1 Å². The van der Waals surface area contributed by atoms with Crippen molar-refractivity contribution in [2.24, 2.45) is 0 Å². The van der Waals surface area contributed by atoms with Gasteiger partial charge in [-0.25, -0.2) is 0 Å². The van der Waals surface area contributed by atoms with E-state index in [-0.39, 0.29) is 24.1 Å². The molecule has 0 radical (unpaired) electrons. The zero-order valence-corrected chi connectivity index (χ0v) is 14.6. The lowest BCUT2D eigenvalue weighted by Gasteiger charge is -2.33. The van der Waals surface area contributed by atoms with Crippen molar-refractivity contribution < 1.29 is 14.1 Å². The number of rotatable bonds is 8. The van der Waals surface area contributed by atoms with Gasteiger partial charge in [-0.1, -0.05) is 6.42 Å². The number of carbonyl (C=O) groups is 1. The third-order valence-electron chi connectivity index (χ3n) is 4.73. The van der Waals surface area contributed by atoms with Crippen molar-refractivity contribution in [3.8, 4) is 0 Å². The lowest BCUT2D eigenvalue weighted by atomic mass is 10.1. The van der Waals surface area contributed by atoms with Crippen molar-refractivity contribution >= 4 is 11.5 Å². The highest BCUT2D eigenvalue weighted by molar-refractivity contribution is 5.97. The smallest absolute Gasteiger partial charge is 0.269 e. The van der Waals surface area contributed by atoms with E-state index >= 15 is 0 Å². The molecule has 2 aromatic rings. The van der Waals surface area contributed by atoms with E-state index < -0.39 is 4.92 Å². The fraction of sp³-hybridized carbons (Fsp3) is 0.421. The molecule has 1 fully saturated rings. The molecule has 0 saturated carbocycles. The second-order valence-corrected chi connectivity index (χ2v) is 6.49. The number of furan rings is 1. The van der Waals surface area contributed by atoms with Crippen LogP contribution >= 0.6 is 0 Å². The van der Waals surface area contributed by atoms with Crippen LogP contribution in [-0.4, -0.2) is 41.8 Å². The summed E-state index contributed by atoms with van der Waals surface area (Å²) >= 11 is 0. The van der Waals surface area contributed by atoms with Gasteiger partial charge < -0.3 is 9.73 Å². The SMILES string of the molecule is O=C(CNCC(c1ccco1)N1CCCCC1)c1ccc([N+](=O)[O-])cc1. The predicted molar refractivity (Wildman–Crippen MR) is 97.2 cm³/mol. The molecule has 1 saturated heterocycles. The molecular formula is C19H23N3O4. The minimum atomic E-state index is -0.473. The fourth-order valence-corrected chi connectivity index (χ4v) is 3.31. The molecular weight excluding hydrogens is 334 g/mol. The molecule has 1 N–H and O–H groups in total. The summed E-state index contributed by atoms with van der Waals surface area (Å²) in [7, 11) is 0. The minimum Gasteiger partial charge on any atom is -0.468 e. The van der Waals surface area contributed by atoms with Crippen LogP contribution in [0.1, 0.15) is 41.4 Å². The molecule has 0 amide bonds. The van der Waals surface area contributed by atoms with Crippen LogP contribution in [-0.2, 0) is 0 Å². The predicted octanol–water partition coefficient (Wildman–Crippen LogP) is 3.19. The largest absolute Gasteiger partial charge is 0.468 e. The van der Waals surface area contributed by atoms with E-state index in [0.717, 1.165) is 18.8 Å². The van der Waals surface area contributed by atoms with Gasteiger partial charge >= 0.3 is 0 Å². The highest BCUT2D eigenvalue weighted by Crippen LogP contribution is 2.24. The van der Waals surface area contributed by atoms with E-state index in [0.29, 0.717) is 12.1 Å². The molecule has 1 aromatic heterocycles. The first-order valence-electron chi connectivity index (χ1n) is 8.91. The van der Waals surface area contributed by atoms with Crippen molar-refractivity contribution in [3.63, 3.8) is 0 Å². The molecule has 0 spiro atoms. The van der Waals surface area contributed by atoms with E-state index in [9.17, 15) is 14.9 Å². The number of nitrogens with zero attached hydrogens (tertiary/aromatic N) is 2. The first kappa shape index (κ1) is 18.3. The average Bonchev–Trinajstić information content (AvgIpc) is 3.20. The van der Waals surface area contributed by atoms with Crippen LogP contribution in [0.5, 0.6) is 0 Å². The second-order valence-electron chi connectivity index (χ2n) is 6.49. The van der Waals surface area contributed by atoms with Crippen molar-refractivity contribution in [2.45, 2.75) is 25.3 Å². The molecule has 2 heterocycles. The van der Waals surface area contributed by atoms with Gasteiger partial charge in [0.25, 0.3) is 5.69 Å². The number of piperidine rings is 1. The quantitative estimate of drug-likeness (QED) is 0.443. The Morgan fingerprint density at radius 1 is 1.19 bits per heavy atom. The molecule has 7 heteroatoms. The van der Waals surface area contributed by atoms with Gasteiger partial charge in [-0.05, 0) is 50.2 Å². The van der Waals surface area contributed by atoms with Gasteiger partial charge in [0.2, 0.25) is 0 Å². The van der Waals surface area contributed by atoms with E-state index in [1.54, 1.807) is 6.26 Å². The van der Waals surface area contributed by atoms with Crippen LogP contribution in [0.2, 0.25) is 0 Å². The fourth-order valence-electron chi connectivity index (χ4n) is 3.31. The van der Waals surface area contributed by atoms with Crippen LogP contribution in [0.4, 0.5) is 5.69 Å². The highest BCUT2D eigenvalue weighted by atomic mass is 16.6. The summed E-state index contributed by atoms with van der Waals surface area (Å²) < 4.78 is 5.60. The van der Waals surface area contributed by atoms with Gasteiger partial charge in [-0.2, -0.15) is 0 Å². The summed E-state index contributed by atoms with van der Waals surface area (Å²) in [5.41, 5.74) is 0.452. The first-order chi connectivity index (χ1) is 12.6. The van der Waals surface area contributed by atoms with Crippen molar-refractivity contribution in [3.05, 3.63) is 64.1 Å². The Labute approximate surface area is 152 Å². The molecule has 1 aliphatic rings. The lowest BCUT2D eigenvalue weighted by Crippen LogP contribution is -2.40. The Balaban J connectivity index is 1.57. The van der Waals surface area contributed by atoms with Gasteiger partial charge in [0.1, 0.15) is 5.76 Å². The Hall–Kier alpha value is -2.51. The van der Waals surface area contributed by atoms with E-state index in [1.165, 1.54) is 43.5 Å². The molecule has 1 unspecified atom stereocenters. The molecule has 26 heavy (non-hydrogen) atoms. The minimum absolute atomic E-state index is 0.0162. The van der Waals surface area contributed by atoms with Gasteiger partial charge in [-0.15, -0.1) is 0 Å². The normalized spacial score (nSPS) is 16.3. The summed E-state index contributed by atoms with van der Waals surface area (Å²) in [6.07, 6.45) is 5.29. The molecule has 7 nitrogen and oxygen atoms in total. The first-order valence-corrected chi connectivity index (χ1v) is 8.91. The average molecular weight is 357 g/mol. The number of nitrogens with one attached hydrogen (secondary N) is 1. The molecule has 1 atom stereocenters. The van der Waals surface area contributed by atoms with E-state index in [4.69, 9.17) is 4.42 Å². The molecule has 3 rings (SSSR count). The molecule has 1 aromatic carbocycles. The number of hydrogen-bond donors (Lipinski definition) is 1. The second kappa shape index (κ2) is 8.73. The van der Waals surface area contributed by atoms with E-state index in [2.05, 4.69) is 10.2 Å². The van der Waals surface area contributed by atoms with Crippen LogP contribution in [0, 0.1) is 10.1 Å². The Bertz CT molecular complexity index is 722. The number of likely N-dealkylation sites (tertiary alicyclic amines) is 1. The Kier molecular flexibility index (Phi) is 6.14. The summed E-state index contributed by atoms with van der Waals surface area (Å²) in [6.45, 7) is 2.86. The number of nitro groups is 1. The van der Waals surface area contributed by atoms with Crippen molar-refractivity contribution in [1.82, 2.24) is 10.2 Å². The monoisotopic (exact) mass is 357 g/mol. The third kappa shape index (κ3) is 4.56. The number of benzene rings is 1. The van der Waals surface area contributed by atoms with Gasteiger partial charge in [0.15, 0.2) is 5.78 Å². The van der Waals surface area contributed by atoms with Gasteiger partial charge in [0, 0.05) is 24.2 Å². The maximum atomic E-state index is 12.3. The molecule has 0 aliphatic carbocycles. The topological polar surface area (TPSA) is 88.6 Å². The molecule has 0 bridgehead atoms. The van der Waals surface area contributed by atoms with Crippen molar-refractivity contribution in [2.75, 3.05) is 26.2 Å².